The standard InChI is InChI=1S/C15H15F3N6O4.C3H6O2/c1-2-3-6-23-9-10(20-13(23)22-7-4-19-5-8-22)24(14(27)21-11(9)25)28-12(26)15(16,17)18;1-3(4)5-2/h19H,4-8H2,1H3,(H,21,25,27);1-2H3. The van der Waals surface area contributed by atoms with Gasteiger partial charge in [0.15, 0.2) is 5.52 Å². The van der Waals surface area contributed by atoms with E-state index < -0.39 is 29.0 Å². The zero-order chi connectivity index (χ0) is 24.8. The van der Waals surface area contributed by atoms with Crippen LogP contribution in [0, 0.1) is 11.8 Å². The highest BCUT2D eigenvalue weighted by Crippen LogP contribution is 2.20. The number of aromatic amines is 1. The largest absolute Gasteiger partial charge is 0.493 e. The van der Waals surface area contributed by atoms with Crippen LogP contribution in [0.25, 0.3) is 11.2 Å². The van der Waals surface area contributed by atoms with Crippen molar-refractivity contribution in [2.24, 2.45) is 0 Å². The molecule has 33 heavy (non-hydrogen) atoms. The van der Waals surface area contributed by atoms with Crippen molar-refractivity contribution in [1.82, 2.24) is 24.6 Å². The summed E-state index contributed by atoms with van der Waals surface area (Å²) in [6.45, 7) is 5.19. The first-order valence-electron chi connectivity index (χ1n) is 9.46. The molecule has 0 aliphatic carbocycles. The van der Waals surface area contributed by atoms with Crippen molar-refractivity contribution < 1.29 is 32.3 Å². The lowest BCUT2D eigenvalue weighted by atomic mass is 10.4. The van der Waals surface area contributed by atoms with E-state index in [-0.39, 0.29) is 28.7 Å². The number of rotatable bonds is 3. The van der Waals surface area contributed by atoms with Gasteiger partial charge in [0.05, 0.1) is 13.7 Å². The SMILES string of the molecule is CC#CCn1c(N2CCNCC2)nc2c1c(=O)[nH]c(=O)n2OC(=O)C(F)(F)F.COC(C)=O. The van der Waals surface area contributed by atoms with E-state index in [0.29, 0.717) is 26.2 Å². The molecule has 2 aromatic heterocycles. The number of esters is 1. The molecule has 12 nitrogen and oxygen atoms in total. The third-order valence-electron chi connectivity index (χ3n) is 4.25. The molecular formula is C18H21F3N6O6. The average molecular weight is 474 g/mol. The Labute approximate surface area is 184 Å². The van der Waals surface area contributed by atoms with Gasteiger partial charge in [-0.15, -0.1) is 5.92 Å². The van der Waals surface area contributed by atoms with Gasteiger partial charge >= 0.3 is 23.8 Å². The first-order chi connectivity index (χ1) is 15.5. The number of anilines is 1. The molecular weight excluding hydrogens is 453 g/mol. The molecule has 180 valence electrons. The molecule has 1 fully saturated rings. The molecule has 0 unspecified atom stereocenters. The molecule has 2 aromatic rings. The predicted molar refractivity (Wildman–Crippen MR) is 108 cm³/mol. The predicted octanol–water partition coefficient (Wildman–Crippen LogP) is -0.984. The van der Waals surface area contributed by atoms with Crippen molar-refractivity contribution in [2.75, 3.05) is 38.2 Å². The molecule has 0 bridgehead atoms. The van der Waals surface area contributed by atoms with Crippen LogP contribution >= 0.6 is 0 Å². The van der Waals surface area contributed by atoms with Gasteiger partial charge in [-0.1, -0.05) is 10.7 Å². The number of fused-ring (bicyclic) bond motifs is 1. The van der Waals surface area contributed by atoms with Crippen LogP contribution in [0.1, 0.15) is 13.8 Å². The summed E-state index contributed by atoms with van der Waals surface area (Å²) in [7, 11) is 1.35. The minimum atomic E-state index is -5.33. The number of nitrogens with one attached hydrogen (secondary N) is 2. The fourth-order valence-electron chi connectivity index (χ4n) is 2.73. The second-order valence-electron chi connectivity index (χ2n) is 6.46. The zero-order valence-electron chi connectivity index (χ0n) is 17.9. The van der Waals surface area contributed by atoms with Gasteiger partial charge in [0, 0.05) is 33.1 Å². The minimum Gasteiger partial charge on any atom is -0.469 e. The van der Waals surface area contributed by atoms with Gasteiger partial charge in [-0.05, 0) is 6.92 Å². The fourth-order valence-corrected chi connectivity index (χ4v) is 2.73. The monoisotopic (exact) mass is 474 g/mol. The molecule has 3 heterocycles. The van der Waals surface area contributed by atoms with Crippen molar-refractivity contribution >= 4 is 29.1 Å². The van der Waals surface area contributed by atoms with E-state index in [1.807, 2.05) is 4.98 Å². The molecule has 0 atom stereocenters. The van der Waals surface area contributed by atoms with Crippen molar-refractivity contribution in [3.63, 3.8) is 0 Å². The lowest BCUT2D eigenvalue weighted by Gasteiger charge is -2.28. The Morgan fingerprint density at radius 1 is 1.21 bits per heavy atom. The number of imidazole rings is 1. The van der Waals surface area contributed by atoms with Crippen LogP contribution < -0.4 is 26.3 Å². The molecule has 1 saturated heterocycles. The van der Waals surface area contributed by atoms with Gasteiger partial charge in [-0.2, -0.15) is 18.2 Å². The van der Waals surface area contributed by atoms with E-state index >= 15 is 0 Å². The summed E-state index contributed by atoms with van der Waals surface area (Å²) in [5, 5.41) is 3.13. The number of nitrogens with zero attached hydrogens (tertiary/aromatic N) is 4. The Bertz CT molecular complexity index is 1200. The Balaban J connectivity index is 0.000000696. The van der Waals surface area contributed by atoms with Crippen molar-refractivity contribution in [3.05, 3.63) is 20.8 Å². The Hall–Kier alpha value is -3.80. The first kappa shape index (κ1) is 25.5. The molecule has 0 amide bonds. The van der Waals surface area contributed by atoms with Gasteiger partial charge < -0.3 is 19.8 Å². The van der Waals surface area contributed by atoms with E-state index in [9.17, 15) is 32.3 Å². The van der Waals surface area contributed by atoms with Crippen LogP contribution in [-0.2, 0) is 20.9 Å². The number of aromatic nitrogens is 4. The number of carbonyl (C=O) groups excluding carboxylic acids is 2. The van der Waals surface area contributed by atoms with Gasteiger partial charge in [0.25, 0.3) is 5.56 Å². The van der Waals surface area contributed by atoms with Crippen LogP contribution in [0.2, 0.25) is 0 Å². The molecule has 0 spiro atoms. The fraction of sp³-hybridized carbons (Fsp3) is 0.500. The average Bonchev–Trinajstić information content (AvgIpc) is 3.15. The van der Waals surface area contributed by atoms with Crippen LogP contribution in [0.3, 0.4) is 0 Å². The lowest BCUT2D eigenvalue weighted by Crippen LogP contribution is -2.44. The number of halogens is 3. The maximum Gasteiger partial charge on any atom is 0.493 e. The van der Waals surface area contributed by atoms with Gasteiger partial charge in [0.1, 0.15) is 0 Å². The topological polar surface area (TPSA) is 141 Å². The molecule has 1 aliphatic rings. The van der Waals surface area contributed by atoms with E-state index in [4.69, 9.17) is 0 Å². The second kappa shape index (κ2) is 10.7. The summed E-state index contributed by atoms with van der Waals surface area (Å²) in [5.41, 5.74) is -2.97. The highest BCUT2D eigenvalue weighted by molar-refractivity contribution is 5.78. The number of piperazine rings is 1. The number of ether oxygens (including phenoxy) is 1. The third kappa shape index (κ3) is 6.13. The van der Waals surface area contributed by atoms with E-state index in [1.54, 1.807) is 11.8 Å². The highest BCUT2D eigenvalue weighted by Gasteiger charge is 2.42. The quantitative estimate of drug-likeness (QED) is 0.424. The number of methoxy groups -OCH3 is 1. The van der Waals surface area contributed by atoms with Crippen molar-refractivity contribution in [1.29, 1.82) is 0 Å². The molecule has 3 rings (SSSR count). The Kier molecular flexibility index (Phi) is 8.24. The zero-order valence-corrected chi connectivity index (χ0v) is 17.9. The molecule has 0 radical (unpaired) electrons. The molecule has 2 N–H and O–H groups in total. The summed E-state index contributed by atoms with van der Waals surface area (Å²) in [6, 6.07) is 0. The van der Waals surface area contributed by atoms with E-state index in [1.165, 1.54) is 18.6 Å². The van der Waals surface area contributed by atoms with Crippen LogP contribution in [0.5, 0.6) is 0 Å². The van der Waals surface area contributed by atoms with E-state index in [0.717, 1.165) is 0 Å². The summed E-state index contributed by atoms with van der Waals surface area (Å²) < 4.78 is 43.2. The summed E-state index contributed by atoms with van der Waals surface area (Å²) in [4.78, 5) is 57.1. The Morgan fingerprint density at radius 2 is 1.82 bits per heavy atom. The summed E-state index contributed by atoms with van der Waals surface area (Å²) >= 11 is 0. The normalized spacial score (nSPS) is 13.5. The van der Waals surface area contributed by atoms with Crippen LogP contribution in [0.15, 0.2) is 9.59 Å². The number of hydrogen-bond acceptors (Lipinski definition) is 9. The van der Waals surface area contributed by atoms with Gasteiger partial charge in [0.2, 0.25) is 11.6 Å². The summed E-state index contributed by atoms with van der Waals surface area (Å²) in [6.07, 6.45) is -5.33. The van der Waals surface area contributed by atoms with Crippen LogP contribution in [-0.4, -0.2) is 70.7 Å². The lowest BCUT2D eigenvalue weighted by molar-refractivity contribution is -0.199. The second-order valence-corrected chi connectivity index (χ2v) is 6.46. The van der Waals surface area contributed by atoms with Crippen LogP contribution in [0.4, 0.5) is 19.1 Å². The number of H-pyrrole nitrogens is 1. The maximum absolute atomic E-state index is 12.6. The smallest absolute Gasteiger partial charge is 0.469 e. The number of alkyl halides is 3. The first-order valence-corrected chi connectivity index (χ1v) is 9.46. The van der Waals surface area contributed by atoms with Crippen molar-refractivity contribution in [2.45, 2.75) is 26.6 Å². The third-order valence-corrected chi connectivity index (χ3v) is 4.25. The molecule has 15 heteroatoms. The van der Waals surface area contributed by atoms with E-state index in [2.05, 4.69) is 31.7 Å². The molecule has 0 saturated carbocycles. The Morgan fingerprint density at radius 3 is 2.33 bits per heavy atom. The van der Waals surface area contributed by atoms with Gasteiger partial charge in [-0.25, -0.2) is 9.59 Å². The van der Waals surface area contributed by atoms with Gasteiger partial charge in [-0.3, -0.25) is 19.1 Å². The number of hydrogen-bond donors (Lipinski definition) is 2. The van der Waals surface area contributed by atoms with Crippen molar-refractivity contribution in [3.8, 4) is 11.8 Å². The highest BCUT2D eigenvalue weighted by atomic mass is 19.4. The minimum absolute atomic E-state index is 0.000757. The molecule has 0 aromatic carbocycles. The number of carbonyl (C=O) groups is 2. The molecule has 1 aliphatic heterocycles. The summed E-state index contributed by atoms with van der Waals surface area (Å²) in [5.74, 6) is 2.77. The maximum atomic E-state index is 12.6.